The van der Waals surface area contributed by atoms with Crippen LogP contribution in [0.25, 0.3) is 0 Å². The molecule has 70 valence electrons. The molecule has 2 aromatic heterocycles. The molecule has 0 radical (unpaired) electrons. The van der Waals surface area contributed by atoms with Crippen molar-refractivity contribution in [3.8, 4) is 0 Å². The van der Waals surface area contributed by atoms with Crippen molar-refractivity contribution in [3.05, 3.63) is 59.7 Å². The summed E-state index contributed by atoms with van der Waals surface area (Å²) >= 11 is 0. The lowest BCUT2D eigenvalue weighted by atomic mass is 10.1. The van der Waals surface area contributed by atoms with Crippen molar-refractivity contribution >= 4 is 0 Å². The van der Waals surface area contributed by atoms with E-state index in [1.165, 1.54) is 5.56 Å². The van der Waals surface area contributed by atoms with Gasteiger partial charge in [0, 0.05) is 30.2 Å². The maximum Gasteiger partial charge on any atom is 0.0450 e. The molecule has 14 heavy (non-hydrogen) atoms. The smallest absolute Gasteiger partial charge is 0.0450 e. The first-order chi connectivity index (χ1) is 6.84. The molecule has 0 N–H and O–H groups in total. The zero-order valence-corrected chi connectivity index (χ0v) is 8.14. The number of aromatic nitrogens is 2. The summed E-state index contributed by atoms with van der Waals surface area (Å²) in [5, 5.41) is 0. The Morgan fingerprint density at radius 2 is 1.86 bits per heavy atom. The number of aryl methyl sites for hydroxylation is 1. The Balaban J connectivity index is 2.19. The van der Waals surface area contributed by atoms with E-state index in [9.17, 15) is 0 Å². The van der Waals surface area contributed by atoms with Crippen molar-refractivity contribution in [1.29, 1.82) is 0 Å². The lowest BCUT2D eigenvalue weighted by molar-refractivity contribution is 1.03. The molecule has 0 aliphatic rings. The number of pyridine rings is 2. The summed E-state index contributed by atoms with van der Waals surface area (Å²) in [5.41, 5.74) is 3.42. The van der Waals surface area contributed by atoms with Crippen LogP contribution in [-0.2, 0) is 6.42 Å². The molecule has 0 aromatic carbocycles. The summed E-state index contributed by atoms with van der Waals surface area (Å²) in [6, 6.07) is 10.1. The number of hydrogen-bond donors (Lipinski definition) is 0. The number of rotatable bonds is 2. The Labute approximate surface area is 83.7 Å². The molecule has 0 atom stereocenters. The van der Waals surface area contributed by atoms with Gasteiger partial charge in [-0.25, -0.2) is 0 Å². The standard InChI is InChI=1S/C12H12N2/c1-10-3-2-4-12(14-10)9-11-5-7-13-8-6-11/h2-8H,9H2,1H3. The Morgan fingerprint density at radius 3 is 2.57 bits per heavy atom. The summed E-state index contributed by atoms with van der Waals surface area (Å²) < 4.78 is 0. The molecule has 0 saturated heterocycles. The third-order valence-corrected chi connectivity index (χ3v) is 2.08. The predicted octanol–water partition coefficient (Wildman–Crippen LogP) is 2.38. The lowest BCUT2D eigenvalue weighted by Gasteiger charge is -2.01. The van der Waals surface area contributed by atoms with Gasteiger partial charge in [0.1, 0.15) is 0 Å². The average molecular weight is 184 g/mol. The van der Waals surface area contributed by atoms with Gasteiger partial charge in [-0.1, -0.05) is 6.07 Å². The summed E-state index contributed by atoms with van der Waals surface area (Å²) in [7, 11) is 0. The minimum Gasteiger partial charge on any atom is -0.265 e. The van der Waals surface area contributed by atoms with Gasteiger partial charge in [-0.2, -0.15) is 0 Å². The number of hydrogen-bond acceptors (Lipinski definition) is 2. The maximum absolute atomic E-state index is 4.45. The molecule has 0 bridgehead atoms. The van der Waals surface area contributed by atoms with Gasteiger partial charge in [0.25, 0.3) is 0 Å². The van der Waals surface area contributed by atoms with Crippen LogP contribution in [0.4, 0.5) is 0 Å². The van der Waals surface area contributed by atoms with Crippen molar-refractivity contribution < 1.29 is 0 Å². The summed E-state index contributed by atoms with van der Waals surface area (Å²) in [5.74, 6) is 0. The van der Waals surface area contributed by atoms with Gasteiger partial charge in [-0.3, -0.25) is 9.97 Å². The minimum absolute atomic E-state index is 0.879. The van der Waals surface area contributed by atoms with Crippen LogP contribution < -0.4 is 0 Å². The Morgan fingerprint density at radius 1 is 1.07 bits per heavy atom. The van der Waals surface area contributed by atoms with E-state index in [0.29, 0.717) is 0 Å². The van der Waals surface area contributed by atoms with Crippen molar-refractivity contribution in [2.45, 2.75) is 13.3 Å². The summed E-state index contributed by atoms with van der Waals surface area (Å²) in [6.45, 7) is 2.01. The third kappa shape index (κ3) is 2.16. The highest BCUT2D eigenvalue weighted by atomic mass is 14.7. The van der Waals surface area contributed by atoms with E-state index >= 15 is 0 Å². The predicted molar refractivity (Wildman–Crippen MR) is 56.0 cm³/mol. The van der Waals surface area contributed by atoms with Crippen molar-refractivity contribution in [3.63, 3.8) is 0 Å². The molecule has 2 heteroatoms. The fourth-order valence-electron chi connectivity index (χ4n) is 1.41. The van der Waals surface area contributed by atoms with E-state index in [1.54, 1.807) is 0 Å². The fourth-order valence-corrected chi connectivity index (χ4v) is 1.41. The first-order valence-corrected chi connectivity index (χ1v) is 4.66. The van der Waals surface area contributed by atoms with Gasteiger partial charge < -0.3 is 0 Å². The highest BCUT2D eigenvalue weighted by Gasteiger charge is 1.96. The Kier molecular flexibility index (Phi) is 2.54. The lowest BCUT2D eigenvalue weighted by Crippen LogP contribution is -1.93. The second-order valence-corrected chi connectivity index (χ2v) is 3.30. The van der Waals surface area contributed by atoms with E-state index in [0.717, 1.165) is 17.8 Å². The van der Waals surface area contributed by atoms with Gasteiger partial charge >= 0.3 is 0 Å². The monoisotopic (exact) mass is 184 g/mol. The van der Waals surface area contributed by atoms with E-state index in [1.807, 2.05) is 49.6 Å². The quantitative estimate of drug-likeness (QED) is 0.716. The third-order valence-electron chi connectivity index (χ3n) is 2.08. The molecule has 2 aromatic rings. The molecule has 0 aliphatic heterocycles. The van der Waals surface area contributed by atoms with Crippen LogP contribution in [0.1, 0.15) is 17.0 Å². The maximum atomic E-state index is 4.45. The second-order valence-electron chi connectivity index (χ2n) is 3.30. The van der Waals surface area contributed by atoms with Crippen LogP contribution in [0.15, 0.2) is 42.7 Å². The molecular formula is C12H12N2. The average Bonchev–Trinajstić information content (AvgIpc) is 2.19. The fraction of sp³-hybridized carbons (Fsp3) is 0.167. The first kappa shape index (κ1) is 8.88. The van der Waals surface area contributed by atoms with Gasteiger partial charge in [-0.05, 0) is 36.8 Å². The second kappa shape index (κ2) is 4.01. The van der Waals surface area contributed by atoms with Gasteiger partial charge in [0.2, 0.25) is 0 Å². The molecule has 0 unspecified atom stereocenters. The molecule has 2 heterocycles. The highest BCUT2D eigenvalue weighted by Crippen LogP contribution is 2.06. The zero-order valence-electron chi connectivity index (χ0n) is 8.14. The van der Waals surface area contributed by atoms with Crippen molar-refractivity contribution in [2.24, 2.45) is 0 Å². The molecular weight excluding hydrogens is 172 g/mol. The SMILES string of the molecule is Cc1cccc(Cc2ccncc2)n1. The minimum atomic E-state index is 0.879. The van der Waals surface area contributed by atoms with E-state index in [2.05, 4.69) is 9.97 Å². The van der Waals surface area contributed by atoms with Crippen molar-refractivity contribution in [1.82, 2.24) is 9.97 Å². The van der Waals surface area contributed by atoms with Gasteiger partial charge in [0.05, 0.1) is 0 Å². The largest absolute Gasteiger partial charge is 0.265 e. The van der Waals surface area contributed by atoms with E-state index in [4.69, 9.17) is 0 Å². The van der Waals surface area contributed by atoms with Gasteiger partial charge in [-0.15, -0.1) is 0 Å². The molecule has 2 nitrogen and oxygen atoms in total. The molecule has 0 spiro atoms. The van der Waals surface area contributed by atoms with Crippen LogP contribution >= 0.6 is 0 Å². The Bertz CT molecular complexity index is 410. The van der Waals surface area contributed by atoms with Crippen LogP contribution in [0, 0.1) is 6.92 Å². The van der Waals surface area contributed by atoms with E-state index in [-0.39, 0.29) is 0 Å². The van der Waals surface area contributed by atoms with Crippen LogP contribution in [0.5, 0.6) is 0 Å². The topological polar surface area (TPSA) is 25.8 Å². The Hall–Kier alpha value is -1.70. The molecule has 0 saturated carbocycles. The zero-order chi connectivity index (χ0) is 9.80. The van der Waals surface area contributed by atoms with E-state index < -0.39 is 0 Å². The normalized spacial score (nSPS) is 10.1. The molecule has 0 aliphatic carbocycles. The van der Waals surface area contributed by atoms with Gasteiger partial charge in [0.15, 0.2) is 0 Å². The van der Waals surface area contributed by atoms with Crippen LogP contribution in [-0.4, -0.2) is 9.97 Å². The molecule has 0 fully saturated rings. The van der Waals surface area contributed by atoms with Crippen LogP contribution in [0.3, 0.4) is 0 Å². The molecule has 2 rings (SSSR count). The summed E-state index contributed by atoms with van der Waals surface area (Å²) in [6.07, 6.45) is 4.50. The highest BCUT2D eigenvalue weighted by molar-refractivity contribution is 5.20. The summed E-state index contributed by atoms with van der Waals surface area (Å²) in [4.78, 5) is 8.43. The number of nitrogens with zero attached hydrogens (tertiary/aromatic N) is 2. The first-order valence-electron chi connectivity index (χ1n) is 4.66. The molecule has 0 amide bonds. The van der Waals surface area contributed by atoms with Crippen LogP contribution in [0.2, 0.25) is 0 Å². The van der Waals surface area contributed by atoms with Crippen molar-refractivity contribution in [2.75, 3.05) is 0 Å².